The van der Waals surface area contributed by atoms with Crippen molar-refractivity contribution in [3.05, 3.63) is 17.7 Å². The highest BCUT2D eigenvalue weighted by Gasteiger charge is 2.31. The monoisotopic (exact) mass is 291 g/mol. The molecule has 1 aromatic rings. The fraction of sp³-hybridized carbons (Fsp3) is 0.750. The van der Waals surface area contributed by atoms with Crippen molar-refractivity contribution in [1.29, 1.82) is 0 Å². The molecule has 2 unspecified atom stereocenters. The van der Waals surface area contributed by atoms with Crippen LogP contribution in [0.3, 0.4) is 0 Å². The van der Waals surface area contributed by atoms with Crippen molar-refractivity contribution in [3.8, 4) is 0 Å². The molecule has 0 aliphatic carbocycles. The maximum Gasteiger partial charge on any atom is 0.312 e. The van der Waals surface area contributed by atoms with Gasteiger partial charge >= 0.3 is 5.97 Å². The Morgan fingerprint density at radius 2 is 2.14 bits per heavy atom. The van der Waals surface area contributed by atoms with Gasteiger partial charge in [0.15, 0.2) is 0 Å². The molecule has 0 amide bonds. The molecular formula is C16H25N3O2. The number of carbonyl (C=O) groups is 1. The lowest BCUT2D eigenvalue weighted by Gasteiger charge is -2.29. The zero-order chi connectivity index (χ0) is 15.0. The van der Waals surface area contributed by atoms with Crippen molar-refractivity contribution >= 4 is 5.97 Å². The summed E-state index contributed by atoms with van der Waals surface area (Å²) in [4.78, 5) is 18.5. The van der Waals surface area contributed by atoms with Crippen molar-refractivity contribution in [2.24, 2.45) is 0 Å². The molecule has 0 spiro atoms. The third-order valence-electron chi connectivity index (χ3n) is 5.00. The third-order valence-corrected chi connectivity index (χ3v) is 5.00. The number of aromatic nitrogens is 2. The Labute approximate surface area is 126 Å². The first-order valence-corrected chi connectivity index (χ1v) is 8.10. The third kappa shape index (κ3) is 2.71. The molecule has 0 aromatic carbocycles. The van der Waals surface area contributed by atoms with Crippen LogP contribution in [0.4, 0.5) is 0 Å². The fourth-order valence-corrected chi connectivity index (χ4v) is 3.95. The highest BCUT2D eigenvalue weighted by Crippen LogP contribution is 2.30. The van der Waals surface area contributed by atoms with Gasteiger partial charge in [-0.05, 0) is 46.1 Å². The van der Waals surface area contributed by atoms with Gasteiger partial charge in [-0.3, -0.25) is 9.69 Å². The van der Waals surface area contributed by atoms with E-state index in [1.807, 2.05) is 0 Å². The number of hydrogen-bond donors (Lipinski definition) is 1. The van der Waals surface area contributed by atoms with E-state index in [9.17, 15) is 9.90 Å². The second-order valence-electron chi connectivity index (χ2n) is 6.62. The highest BCUT2D eigenvalue weighted by atomic mass is 16.4. The molecule has 0 saturated carbocycles. The van der Waals surface area contributed by atoms with E-state index < -0.39 is 5.97 Å². The molecule has 5 nitrogen and oxygen atoms in total. The Bertz CT molecular complexity index is 524. The average Bonchev–Trinajstić information content (AvgIpc) is 3.06. The van der Waals surface area contributed by atoms with Crippen LogP contribution in [0.15, 0.2) is 6.20 Å². The van der Waals surface area contributed by atoms with E-state index in [-0.39, 0.29) is 5.92 Å². The predicted molar refractivity (Wildman–Crippen MR) is 80.4 cm³/mol. The van der Waals surface area contributed by atoms with Crippen LogP contribution in [0.2, 0.25) is 0 Å². The Hall–Kier alpha value is -1.36. The lowest BCUT2D eigenvalue weighted by molar-refractivity contribution is -0.139. The molecule has 1 saturated heterocycles. The quantitative estimate of drug-likeness (QED) is 0.924. The van der Waals surface area contributed by atoms with Gasteiger partial charge in [0, 0.05) is 31.2 Å². The molecule has 21 heavy (non-hydrogen) atoms. The number of fused-ring (bicyclic) bond motifs is 1. The first kappa shape index (κ1) is 14.6. The summed E-state index contributed by atoms with van der Waals surface area (Å²) in [6, 6.07) is 1.13. The zero-order valence-electron chi connectivity index (χ0n) is 13.0. The molecule has 2 aliphatic rings. The Balaban J connectivity index is 1.80. The molecule has 0 bridgehead atoms. The summed E-state index contributed by atoms with van der Waals surface area (Å²) in [6.45, 7) is 6.59. The number of carboxylic acids is 1. The molecular weight excluding hydrogens is 266 g/mol. The Morgan fingerprint density at radius 1 is 1.38 bits per heavy atom. The summed E-state index contributed by atoms with van der Waals surface area (Å²) in [5, 5.41) is 9.34. The van der Waals surface area contributed by atoms with Gasteiger partial charge in [0.1, 0.15) is 5.82 Å². The molecule has 1 aromatic heterocycles. The van der Waals surface area contributed by atoms with E-state index >= 15 is 0 Å². The second kappa shape index (κ2) is 5.79. The maximum absolute atomic E-state index is 11.4. The lowest BCUT2D eigenvalue weighted by Crippen LogP contribution is -2.37. The SMILES string of the molecule is CC(C)N1CCCC1Cc1ncc2n1CCCC2C(=O)O. The van der Waals surface area contributed by atoms with Gasteiger partial charge in [-0.15, -0.1) is 0 Å². The molecule has 3 rings (SSSR count). The summed E-state index contributed by atoms with van der Waals surface area (Å²) < 4.78 is 2.17. The van der Waals surface area contributed by atoms with Gasteiger partial charge < -0.3 is 9.67 Å². The molecule has 2 aliphatic heterocycles. The van der Waals surface area contributed by atoms with Gasteiger partial charge in [-0.1, -0.05) is 0 Å². The number of likely N-dealkylation sites (tertiary alicyclic amines) is 1. The van der Waals surface area contributed by atoms with Crippen LogP contribution in [0.5, 0.6) is 0 Å². The van der Waals surface area contributed by atoms with E-state index in [4.69, 9.17) is 0 Å². The number of nitrogens with zero attached hydrogens (tertiary/aromatic N) is 3. The normalized spacial score (nSPS) is 26.2. The van der Waals surface area contributed by atoms with E-state index in [1.54, 1.807) is 6.20 Å². The van der Waals surface area contributed by atoms with E-state index in [0.717, 1.165) is 37.3 Å². The number of carboxylic acid groups (broad SMARTS) is 1. The van der Waals surface area contributed by atoms with Crippen molar-refractivity contribution in [2.75, 3.05) is 6.54 Å². The van der Waals surface area contributed by atoms with E-state index in [0.29, 0.717) is 12.1 Å². The van der Waals surface area contributed by atoms with Gasteiger partial charge in [-0.2, -0.15) is 0 Å². The van der Waals surface area contributed by atoms with Crippen LogP contribution in [0.25, 0.3) is 0 Å². The highest BCUT2D eigenvalue weighted by molar-refractivity contribution is 5.75. The number of hydrogen-bond acceptors (Lipinski definition) is 3. The van der Waals surface area contributed by atoms with Crippen LogP contribution in [-0.4, -0.2) is 44.2 Å². The molecule has 1 N–H and O–H groups in total. The standard InChI is InChI=1S/C16H25N3O2/c1-11(2)18-7-3-5-12(18)9-15-17-10-14-13(16(20)21)6-4-8-19(14)15/h10-13H,3-9H2,1-2H3,(H,20,21). The molecule has 1 fully saturated rings. The summed E-state index contributed by atoms with van der Waals surface area (Å²) in [6.07, 6.45) is 6.90. The van der Waals surface area contributed by atoms with Gasteiger partial charge in [0.25, 0.3) is 0 Å². The van der Waals surface area contributed by atoms with Crippen LogP contribution in [-0.2, 0) is 17.8 Å². The van der Waals surface area contributed by atoms with E-state index in [1.165, 1.54) is 19.4 Å². The van der Waals surface area contributed by atoms with Gasteiger partial charge in [0.05, 0.1) is 11.6 Å². The summed E-state index contributed by atoms with van der Waals surface area (Å²) in [5.41, 5.74) is 0.901. The van der Waals surface area contributed by atoms with Crippen molar-refractivity contribution in [3.63, 3.8) is 0 Å². The Kier molecular flexibility index (Phi) is 4.02. The number of aliphatic carboxylic acids is 1. The molecule has 116 valence electrons. The smallest absolute Gasteiger partial charge is 0.312 e. The minimum atomic E-state index is -0.716. The van der Waals surface area contributed by atoms with Crippen molar-refractivity contribution in [2.45, 2.75) is 70.5 Å². The summed E-state index contributed by atoms with van der Waals surface area (Å²) >= 11 is 0. The van der Waals surface area contributed by atoms with Crippen molar-refractivity contribution < 1.29 is 9.90 Å². The first-order chi connectivity index (χ1) is 10.1. The van der Waals surface area contributed by atoms with Gasteiger partial charge in [-0.25, -0.2) is 4.98 Å². The summed E-state index contributed by atoms with van der Waals surface area (Å²) in [5.74, 6) is -0.00893. The zero-order valence-corrected chi connectivity index (χ0v) is 13.0. The molecule has 5 heteroatoms. The molecule has 2 atom stereocenters. The molecule has 0 radical (unpaired) electrons. The van der Waals surface area contributed by atoms with Crippen LogP contribution < -0.4 is 0 Å². The largest absolute Gasteiger partial charge is 0.481 e. The Morgan fingerprint density at radius 3 is 2.86 bits per heavy atom. The molecule has 3 heterocycles. The maximum atomic E-state index is 11.4. The van der Waals surface area contributed by atoms with Crippen molar-refractivity contribution in [1.82, 2.24) is 14.5 Å². The minimum absolute atomic E-state index is 0.371. The summed E-state index contributed by atoms with van der Waals surface area (Å²) in [7, 11) is 0. The first-order valence-electron chi connectivity index (χ1n) is 8.10. The van der Waals surface area contributed by atoms with E-state index in [2.05, 4.69) is 28.3 Å². The predicted octanol–water partition coefficient (Wildman–Crippen LogP) is 2.26. The number of imidazole rings is 1. The van der Waals surface area contributed by atoms with Crippen LogP contribution in [0.1, 0.15) is 57.0 Å². The lowest BCUT2D eigenvalue weighted by atomic mass is 9.96. The van der Waals surface area contributed by atoms with Gasteiger partial charge in [0.2, 0.25) is 0 Å². The van der Waals surface area contributed by atoms with Crippen LogP contribution in [0, 0.1) is 0 Å². The minimum Gasteiger partial charge on any atom is -0.481 e. The second-order valence-corrected chi connectivity index (χ2v) is 6.62. The number of rotatable bonds is 4. The fourth-order valence-electron chi connectivity index (χ4n) is 3.95. The topological polar surface area (TPSA) is 58.4 Å². The van der Waals surface area contributed by atoms with Crippen LogP contribution >= 0.6 is 0 Å². The average molecular weight is 291 g/mol.